The summed E-state index contributed by atoms with van der Waals surface area (Å²) >= 11 is 22.0. The monoisotopic (exact) mass is 1020 g/mol. The molecule has 236 valence electrons. The molecule has 0 aromatic heterocycles. The van der Waals surface area contributed by atoms with Crippen molar-refractivity contribution in [3.63, 3.8) is 0 Å². The van der Waals surface area contributed by atoms with Crippen molar-refractivity contribution in [1.82, 2.24) is 0 Å². The van der Waals surface area contributed by atoms with Crippen molar-refractivity contribution < 1.29 is 18.1 Å². The number of hydrogen-bond acceptors (Lipinski definition) is 4. The van der Waals surface area contributed by atoms with Gasteiger partial charge in [-0.05, 0) is 149 Å². The van der Waals surface area contributed by atoms with Gasteiger partial charge in [-0.15, -0.1) is 0 Å². The van der Waals surface area contributed by atoms with Crippen molar-refractivity contribution in [1.29, 1.82) is 0 Å². The highest BCUT2D eigenvalue weighted by Gasteiger charge is 2.37. The van der Waals surface area contributed by atoms with Crippen LogP contribution >= 0.6 is 103 Å². The van der Waals surface area contributed by atoms with E-state index in [1.54, 1.807) is 18.2 Å². The van der Waals surface area contributed by atoms with Gasteiger partial charge < -0.3 is 13.6 Å². The van der Waals surface area contributed by atoms with Gasteiger partial charge in [-0.3, -0.25) is 0 Å². The van der Waals surface area contributed by atoms with Crippen molar-refractivity contribution in [3.8, 4) is 50.6 Å². The molecule has 0 radical (unpaired) electrons. The zero-order chi connectivity index (χ0) is 33.1. The van der Waals surface area contributed by atoms with Crippen LogP contribution in [0.4, 0.5) is 0 Å². The lowest BCUT2D eigenvalue weighted by atomic mass is 10.1. The number of phosphoric acid groups is 1. The van der Waals surface area contributed by atoms with Crippen LogP contribution in [-0.2, 0) is 4.57 Å². The molecule has 6 aromatic rings. The highest BCUT2D eigenvalue weighted by Crippen LogP contribution is 2.57. The van der Waals surface area contributed by atoms with Crippen LogP contribution in [0.25, 0.3) is 33.4 Å². The Balaban J connectivity index is 1.55. The van der Waals surface area contributed by atoms with Crippen LogP contribution in [0.15, 0.2) is 154 Å². The summed E-state index contributed by atoms with van der Waals surface area (Å²) in [6.07, 6.45) is 0. The molecule has 0 saturated carbocycles. The van der Waals surface area contributed by atoms with Gasteiger partial charge in [0.2, 0.25) is 0 Å². The van der Waals surface area contributed by atoms with E-state index < -0.39 is 7.82 Å². The second-order valence-corrected chi connectivity index (χ2v) is 16.4. The standard InChI is InChI=1S/C36H21Br6O4P/c37-25-16-19-28(31(34(25)40)22-10-4-1-5-11-22)44-47(43,45-29-20-17-26(38)35(41)32(29)23-12-6-2-7-13-23)46-30-21-18-27(39)36(42)33(30)24-14-8-3-9-15-24/h1-21H. The molecule has 4 nitrogen and oxygen atoms in total. The van der Waals surface area contributed by atoms with Crippen molar-refractivity contribution in [2.45, 2.75) is 0 Å². The number of hydrogen-bond donors (Lipinski definition) is 0. The zero-order valence-corrected chi connectivity index (χ0v) is 34.4. The lowest BCUT2D eigenvalue weighted by Gasteiger charge is -2.24. The fraction of sp³-hybridized carbons (Fsp3) is 0. The zero-order valence-electron chi connectivity index (χ0n) is 24.0. The van der Waals surface area contributed by atoms with E-state index in [-0.39, 0.29) is 0 Å². The van der Waals surface area contributed by atoms with Crippen LogP contribution in [0.1, 0.15) is 0 Å². The maximum absolute atomic E-state index is 15.3. The Labute approximate surface area is 323 Å². The van der Waals surface area contributed by atoms with E-state index in [2.05, 4.69) is 95.6 Å². The van der Waals surface area contributed by atoms with Gasteiger partial charge >= 0.3 is 7.82 Å². The van der Waals surface area contributed by atoms with Gasteiger partial charge in [0.25, 0.3) is 0 Å². The lowest BCUT2D eigenvalue weighted by Crippen LogP contribution is -2.10. The highest BCUT2D eigenvalue weighted by molar-refractivity contribution is 9.13. The van der Waals surface area contributed by atoms with Gasteiger partial charge in [-0.1, -0.05) is 91.0 Å². The molecule has 0 N–H and O–H groups in total. The molecule has 0 heterocycles. The summed E-state index contributed by atoms with van der Waals surface area (Å²) in [7, 11) is -4.54. The summed E-state index contributed by atoms with van der Waals surface area (Å²) in [6, 6.07) is 39.7. The average molecular weight is 1030 g/mol. The lowest BCUT2D eigenvalue weighted by molar-refractivity contribution is 0.299. The fourth-order valence-electron chi connectivity index (χ4n) is 4.87. The molecule has 0 aliphatic heterocycles. The third-order valence-corrected chi connectivity index (χ3v) is 14.3. The van der Waals surface area contributed by atoms with Gasteiger partial charge in [-0.2, -0.15) is 4.57 Å². The van der Waals surface area contributed by atoms with E-state index in [1.807, 2.05) is 109 Å². The fourth-order valence-corrected chi connectivity index (χ4v) is 8.82. The normalized spacial score (nSPS) is 11.3. The maximum Gasteiger partial charge on any atom is 0.647 e. The molecular weight excluding hydrogens is 1010 g/mol. The van der Waals surface area contributed by atoms with E-state index in [0.29, 0.717) is 33.9 Å². The summed E-state index contributed by atoms with van der Waals surface area (Å²) in [6.45, 7) is 0. The third kappa shape index (κ3) is 7.70. The topological polar surface area (TPSA) is 44.8 Å². The second kappa shape index (κ2) is 15.2. The summed E-state index contributed by atoms with van der Waals surface area (Å²) in [4.78, 5) is 0. The van der Waals surface area contributed by atoms with Gasteiger partial charge in [0, 0.05) is 43.5 Å². The molecule has 0 fully saturated rings. The van der Waals surface area contributed by atoms with E-state index >= 15 is 4.57 Å². The molecule has 0 atom stereocenters. The molecule has 0 amide bonds. The molecule has 0 unspecified atom stereocenters. The minimum absolute atomic E-state index is 0.296. The Hall–Kier alpha value is -2.17. The quantitative estimate of drug-likeness (QED) is 0.135. The largest absolute Gasteiger partial charge is 0.647 e. The van der Waals surface area contributed by atoms with Crippen molar-refractivity contribution in [2.24, 2.45) is 0 Å². The molecule has 0 spiro atoms. The Morgan fingerprint density at radius 1 is 0.362 bits per heavy atom. The SMILES string of the molecule is O=P(Oc1ccc(Br)c(Br)c1-c1ccccc1)(Oc1ccc(Br)c(Br)c1-c1ccccc1)Oc1ccc(Br)c(Br)c1-c1ccccc1. The molecule has 0 aliphatic rings. The first-order chi connectivity index (χ1) is 22.6. The number of phosphoric ester groups is 1. The van der Waals surface area contributed by atoms with Crippen LogP contribution in [-0.4, -0.2) is 0 Å². The third-order valence-electron chi connectivity index (χ3n) is 6.99. The van der Waals surface area contributed by atoms with E-state index in [1.165, 1.54) is 0 Å². The average Bonchev–Trinajstić information content (AvgIpc) is 3.08. The number of benzene rings is 6. The minimum Gasteiger partial charge on any atom is -0.385 e. The first-order valence-corrected chi connectivity index (χ1v) is 20.2. The number of halogens is 6. The van der Waals surface area contributed by atoms with Crippen molar-refractivity contribution in [2.75, 3.05) is 0 Å². The van der Waals surface area contributed by atoms with Crippen LogP contribution in [0.3, 0.4) is 0 Å². The summed E-state index contributed by atoms with van der Waals surface area (Å²) in [5.74, 6) is 0.887. The molecule has 11 heteroatoms. The molecule has 0 aliphatic carbocycles. The van der Waals surface area contributed by atoms with Crippen LogP contribution in [0.2, 0.25) is 0 Å². The first-order valence-electron chi connectivity index (χ1n) is 13.9. The summed E-state index contributed by atoms with van der Waals surface area (Å²) < 4.78 is 39.3. The Bertz CT molecular complexity index is 1870. The molecule has 6 rings (SSSR count). The van der Waals surface area contributed by atoms with Crippen LogP contribution in [0, 0.1) is 0 Å². The van der Waals surface area contributed by atoms with Gasteiger partial charge in [0.15, 0.2) is 0 Å². The van der Waals surface area contributed by atoms with Gasteiger partial charge in [0.05, 0.1) is 0 Å². The number of rotatable bonds is 9. The van der Waals surface area contributed by atoms with E-state index in [0.717, 1.165) is 43.5 Å². The van der Waals surface area contributed by atoms with Crippen LogP contribution in [0.5, 0.6) is 17.2 Å². The molecule has 47 heavy (non-hydrogen) atoms. The Morgan fingerprint density at radius 2 is 0.617 bits per heavy atom. The van der Waals surface area contributed by atoms with E-state index in [9.17, 15) is 0 Å². The van der Waals surface area contributed by atoms with Gasteiger partial charge in [0.1, 0.15) is 17.2 Å². The molecule has 0 bridgehead atoms. The van der Waals surface area contributed by atoms with Crippen LogP contribution < -0.4 is 13.6 Å². The second-order valence-electron chi connectivity index (χ2n) is 10.0. The molecule has 6 aromatic carbocycles. The van der Waals surface area contributed by atoms with Crippen molar-refractivity contribution >= 4 is 103 Å². The minimum atomic E-state index is -4.54. The van der Waals surface area contributed by atoms with E-state index in [4.69, 9.17) is 13.6 Å². The van der Waals surface area contributed by atoms with Crippen molar-refractivity contribution in [3.05, 3.63) is 154 Å². The first kappa shape index (κ1) is 34.7. The van der Waals surface area contributed by atoms with Gasteiger partial charge in [-0.25, -0.2) is 0 Å². The smallest absolute Gasteiger partial charge is 0.385 e. The predicted octanol–water partition coefficient (Wildman–Crippen LogP) is 14.9. The Morgan fingerprint density at radius 3 is 0.872 bits per heavy atom. The summed E-state index contributed by atoms with van der Waals surface area (Å²) in [5, 5.41) is 0. The highest BCUT2D eigenvalue weighted by atomic mass is 79.9. The molecule has 0 saturated heterocycles. The molecular formula is C36H21Br6O4P. The Kier molecular flexibility index (Phi) is 11.2. The summed E-state index contributed by atoms with van der Waals surface area (Å²) in [5.41, 5.74) is 4.55. The maximum atomic E-state index is 15.3. The predicted molar refractivity (Wildman–Crippen MR) is 211 cm³/mol.